The van der Waals surface area contributed by atoms with Crippen molar-refractivity contribution in [1.82, 2.24) is 10.2 Å². The molecule has 1 fully saturated rings. The Morgan fingerprint density at radius 3 is 2.75 bits per heavy atom. The number of nitrogens with one attached hydrogen (secondary N) is 1. The highest BCUT2D eigenvalue weighted by Gasteiger charge is 2.22. The van der Waals surface area contributed by atoms with Crippen molar-refractivity contribution in [2.45, 2.75) is 44.2 Å². The van der Waals surface area contributed by atoms with Crippen LogP contribution in [0.1, 0.15) is 31.2 Å². The zero-order valence-electron chi connectivity index (χ0n) is 14.1. The first kappa shape index (κ1) is 18.3. The van der Waals surface area contributed by atoms with Crippen LogP contribution in [0.2, 0.25) is 0 Å². The van der Waals surface area contributed by atoms with E-state index in [4.69, 9.17) is 9.84 Å². The standard InChI is InChI=1S/C18H26N2O4/c1-20(13-16-8-5-11-24-16)18(23)19-15(9-10-17(21)22)12-14-6-3-2-4-7-14/h2-4,6-7,15-16H,5,8-13H2,1H3,(H,19,23)(H,21,22)/t15?,16-/m0/s1. The molecule has 1 aromatic rings. The summed E-state index contributed by atoms with van der Waals surface area (Å²) in [6.07, 6.45) is 3.18. The smallest absolute Gasteiger partial charge is 0.317 e. The molecule has 0 saturated carbocycles. The number of carbonyl (C=O) groups is 2. The molecule has 0 aromatic heterocycles. The van der Waals surface area contributed by atoms with Crippen molar-refractivity contribution in [3.05, 3.63) is 35.9 Å². The van der Waals surface area contributed by atoms with Crippen molar-refractivity contribution in [2.75, 3.05) is 20.2 Å². The summed E-state index contributed by atoms with van der Waals surface area (Å²) in [5.74, 6) is -0.852. The number of nitrogens with zero attached hydrogens (tertiary/aromatic N) is 1. The van der Waals surface area contributed by atoms with E-state index in [0.717, 1.165) is 25.0 Å². The van der Waals surface area contributed by atoms with Gasteiger partial charge in [0, 0.05) is 32.7 Å². The summed E-state index contributed by atoms with van der Waals surface area (Å²) in [5, 5.41) is 11.9. The Kier molecular flexibility index (Phi) is 7.06. The predicted octanol–water partition coefficient (Wildman–Crippen LogP) is 2.28. The second kappa shape index (κ2) is 9.27. The summed E-state index contributed by atoms with van der Waals surface area (Å²) in [6, 6.07) is 9.39. The number of rotatable bonds is 8. The van der Waals surface area contributed by atoms with Crippen LogP contribution < -0.4 is 5.32 Å². The van der Waals surface area contributed by atoms with Gasteiger partial charge in [0.2, 0.25) is 0 Å². The second-order valence-electron chi connectivity index (χ2n) is 6.28. The van der Waals surface area contributed by atoms with Gasteiger partial charge in [-0.15, -0.1) is 0 Å². The Morgan fingerprint density at radius 2 is 2.12 bits per heavy atom. The molecule has 1 heterocycles. The van der Waals surface area contributed by atoms with Gasteiger partial charge in [-0.3, -0.25) is 4.79 Å². The molecule has 0 bridgehead atoms. The third kappa shape index (κ3) is 6.20. The Morgan fingerprint density at radius 1 is 1.38 bits per heavy atom. The number of carbonyl (C=O) groups excluding carboxylic acids is 1. The zero-order chi connectivity index (χ0) is 17.4. The fourth-order valence-corrected chi connectivity index (χ4v) is 2.88. The van der Waals surface area contributed by atoms with E-state index in [-0.39, 0.29) is 24.6 Å². The van der Waals surface area contributed by atoms with Gasteiger partial charge in [0.05, 0.1) is 6.10 Å². The lowest BCUT2D eigenvalue weighted by Gasteiger charge is -2.25. The molecule has 2 atom stereocenters. The van der Waals surface area contributed by atoms with Crippen LogP contribution in [0.25, 0.3) is 0 Å². The number of ether oxygens (including phenoxy) is 1. The van der Waals surface area contributed by atoms with Crippen LogP contribution in [-0.2, 0) is 16.0 Å². The van der Waals surface area contributed by atoms with E-state index in [2.05, 4.69) is 5.32 Å². The van der Waals surface area contributed by atoms with Crippen molar-refractivity contribution in [3.63, 3.8) is 0 Å². The van der Waals surface area contributed by atoms with Gasteiger partial charge in [-0.05, 0) is 31.2 Å². The van der Waals surface area contributed by atoms with E-state index < -0.39 is 5.97 Å². The molecule has 0 radical (unpaired) electrons. The van der Waals surface area contributed by atoms with E-state index in [9.17, 15) is 9.59 Å². The first-order valence-corrected chi connectivity index (χ1v) is 8.43. The average molecular weight is 334 g/mol. The fourth-order valence-electron chi connectivity index (χ4n) is 2.88. The van der Waals surface area contributed by atoms with Crippen LogP contribution in [0.4, 0.5) is 4.79 Å². The van der Waals surface area contributed by atoms with Gasteiger partial charge in [-0.25, -0.2) is 4.79 Å². The molecule has 24 heavy (non-hydrogen) atoms. The fraction of sp³-hybridized carbons (Fsp3) is 0.556. The number of benzene rings is 1. The minimum absolute atomic E-state index is 0.0350. The quantitative estimate of drug-likeness (QED) is 0.764. The van der Waals surface area contributed by atoms with Gasteiger partial charge in [0.25, 0.3) is 0 Å². The van der Waals surface area contributed by atoms with Gasteiger partial charge in [-0.2, -0.15) is 0 Å². The van der Waals surface area contributed by atoms with Crippen LogP contribution in [0.3, 0.4) is 0 Å². The maximum Gasteiger partial charge on any atom is 0.317 e. The zero-order valence-corrected chi connectivity index (χ0v) is 14.1. The molecular formula is C18H26N2O4. The van der Waals surface area contributed by atoms with Crippen molar-refractivity contribution >= 4 is 12.0 Å². The number of likely N-dealkylation sites (N-methyl/N-ethyl adjacent to an activating group) is 1. The molecule has 1 aliphatic heterocycles. The molecule has 2 amide bonds. The molecule has 1 aromatic carbocycles. The van der Waals surface area contributed by atoms with Gasteiger partial charge >= 0.3 is 12.0 Å². The molecule has 1 unspecified atom stereocenters. The molecule has 0 aliphatic carbocycles. The minimum Gasteiger partial charge on any atom is -0.481 e. The average Bonchev–Trinajstić information content (AvgIpc) is 3.06. The Bertz CT molecular complexity index is 529. The molecule has 132 valence electrons. The number of carboxylic acids is 1. The van der Waals surface area contributed by atoms with E-state index >= 15 is 0 Å². The minimum atomic E-state index is -0.852. The number of urea groups is 1. The Balaban J connectivity index is 1.89. The summed E-state index contributed by atoms with van der Waals surface area (Å²) in [5.41, 5.74) is 1.08. The topological polar surface area (TPSA) is 78.9 Å². The van der Waals surface area contributed by atoms with Crippen LogP contribution in [0, 0.1) is 0 Å². The van der Waals surface area contributed by atoms with Crippen LogP contribution in [0.5, 0.6) is 0 Å². The van der Waals surface area contributed by atoms with Crippen molar-refractivity contribution < 1.29 is 19.4 Å². The van der Waals surface area contributed by atoms with E-state index in [1.807, 2.05) is 30.3 Å². The molecule has 1 aliphatic rings. The highest BCUT2D eigenvalue weighted by atomic mass is 16.5. The summed E-state index contributed by atoms with van der Waals surface area (Å²) in [6.45, 7) is 1.32. The maximum atomic E-state index is 12.4. The summed E-state index contributed by atoms with van der Waals surface area (Å²) < 4.78 is 5.55. The molecule has 2 N–H and O–H groups in total. The lowest BCUT2D eigenvalue weighted by molar-refractivity contribution is -0.137. The number of aliphatic carboxylic acids is 1. The third-order valence-electron chi connectivity index (χ3n) is 4.21. The van der Waals surface area contributed by atoms with Gasteiger partial charge in [0.1, 0.15) is 0 Å². The summed E-state index contributed by atoms with van der Waals surface area (Å²) in [4.78, 5) is 24.9. The van der Waals surface area contributed by atoms with Crippen molar-refractivity contribution in [3.8, 4) is 0 Å². The third-order valence-corrected chi connectivity index (χ3v) is 4.21. The van der Waals surface area contributed by atoms with Gasteiger partial charge in [0.15, 0.2) is 0 Å². The molecule has 1 saturated heterocycles. The first-order chi connectivity index (χ1) is 11.5. The van der Waals surface area contributed by atoms with Gasteiger partial charge < -0.3 is 20.1 Å². The highest BCUT2D eigenvalue weighted by Crippen LogP contribution is 2.13. The van der Waals surface area contributed by atoms with E-state index in [0.29, 0.717) is 19.4 Å². The molecule has 0 spiro atoms. The lowest BCUT2D eigenvalue weighted by atomic mass is 10.0. The summed E-state index contributed by atoms with van der Waals surface area (Å²) in [7, 11) is 1.74. The lowest BCUT2D eigenvalue weighted by Crippen LogP contribution is -2.46. The maximum absolute atomic E-state index is 12.4. The Hall–Kier alpha value is -2.08. The number of amides is 2. The SMILES string of the molecule is CN(C[C@@H]1CCCO1)C(=O)NC(CCC(=O)O)Cc1ccccc1. The molecule has 6 heteroatoms. The molecular weight excluding hydrogens is 308 g/mol. The van der Waals surface area contributed by atoms with Crippen molar-refractivity contribution in [2.24, 2.45) is 0 Å². The van der Waals surface area contributed by atoms with E-state index in [1.165, 1.54) is 0 Å². The van der Waals surface area contributed by atoms with Crippen molar-refractivity contribution in [1.29, 1.82) is 0 Å². The summed E-state index contributed by atoms with van der Waals surface area (Å²) >= 11 is 0. The van der Waals surface area contributed by atoms with E-state index in [1.54, 1.807) is 11.9 Å². The Labute approximate surface area is 142 Å². The highest BCUT2D eigenvalue weighted by molar-refractivity contribution is 5.74. The monoisotopic (exact) mass is 334 g/mol. The first-order valence-electron chi connectivity index (χ1n) is 8.43. The van der Waals surface area contributed by atoms with Crippen LogP contribution in [0.15, 0.2) is 30.3 Å². The number of hydrogen-bond acceptors (Lipinski definition) is 3. The van der Waals surface area contributed by atoms with Crippen LogP contribution >= 0.6 is 0 Å². The van der Waals surface area contributed by atoms with Gasteiger partial charge in [-0.1, -0.05) is 30.3 Å². The number of hydrogen-bond donors (Lipinski definition) is 2. The second-order valence-corrected chi connectivity index (χ2v) is 6.28. The molecule has 6 nitrogen and oxygen atoms in total. The van der Waals surface area contributed by atoms with Crippen LogP contribution in [-0.4, -0.2) is 54.4 Å². The normalized spacial score (nSPS) is 18.1. The predicted molar refractivity (Wildman–Crippen MR) is 90.9 cm³/mol. The molecule has 2 rings (SSSR count). The largest absolute Gasteiger partial charge is 0.481 e. The number of carboxylic acid groups (broad SMARTS) is 1.